The van der Waals surface area contributed by atoms with Crippen molar-refractivity contribution in [2.45, 2.75) is 26.4 Å². The van der Waals surface area contributed by atoms with Crippen molar-refractivity contribution in [3.63, 3.8) is 0 Å². The number of aliphatic hydroxyl groups is 1. The average Bonchev–Trinajstić information content (AvgIpc) is 2.26. The molecule has 0 aliphatic heterocycles. The summed E-state index contributed by atoms with van der Waals surface area (Å²) in [4.78, 5) is 4.21. The van der Waals surface area contributed by atoms with Crippen molar-refractivity contribution in [1.82, 2.24) is 4.98 Å². The van der Waals surface area contributed by atoms with Gasteiger partial charge in [0.25, 0.3) is 0 Å². The van der Waals surface area contributed by atoms with Crippen molar-refractivity contribution in [2.24, 2.45) is 0 Å². The van der Waals surface area contributed by atoms with Gasteiger partial charge in [0.1, 0.15) is 5.82 Å². The molecule has 0 saturated carbocycles. The van der Waals surface area contributed by atoms with Crippen molar-refractivity contribution >= 4 is 11.5 Å². The fourth-order valence-corrected chi connectivity index (χ4v) is 1.12. The highest BCUT2D eigenvalue weighted by Gasteiger charge is 2.04. The van der Waals surface area contributed by atoms with Crippen molar-refractivity contribution < 1.29 is 9.84 Å². The zero-order chi connectivity index (χ0) is 12.0. The number of nitrogen functional groups attached to an aromatic ring is 1. The minimum atomic E-state index is -0.417. The van der Waals surface area contributed by atoms with Gasteiger partial charge in [-0.2, -0.15) is 4.98 Å². The molecule has 1 aromatic heterocycles. The van der Waals surface area contributed by atoms with Crippen molar-refractivity contribution in [3.8, 4) is 5.88 Å². The molecule has 5 heteroatoms. The van der Waals surface area contributed by atoms with E-state index < -0.39 is 6.10 Å². The predicted octanol–water partition coefficient (Wildman–Crippen LogP) is 1.25. The van der Waals surface area contributed by atoms with Crippen LogP contribution in [-0.4, -0.2) is 29.3 Å². The van der Waals surface area contributed by atoms with Crippen LogP contribution >= 0.6 is 0 Å². The van der Waals surface area contributed by atoms with Gasteiger partial charge in [-0.1, -0.05) is 6.92 Å². The van der Waals surface area contributed by atoms with E-state index in [1.807, 2.05) is 6.92 Å². The average molecular weight is 225 g/mol. The molecule has 0 aliphatic rings. The molecule has 16 heavy (non-hydrogen) atoms. The van der Waals surface area contributed by atoms with Gasteiger partial charge in [-0.3, -0.25) is 0 Å². The third kappa shape index (κ3) is 3.94. The monoisotopic (exact) mass is 225 g/mol. The fraction of sp³-hybridized carbons (Fsp3) is 0.545. The summed E-state index contributed by atoms with van der Waals surface area (Å²) in [6.45, 7) is 4.77. The van der Waals surface area contributed by atoms with E-state index in [1.54, 1.807) is 19.1 Å². The van der Waals surface area contributed by atoms with Gasteiger partial charge in [0.2, 0.25) is 5.88 Å². The smallest absolute Gasteiger partial charge is 0.239 e. The third-order valence-electron chi connectivity index (χ3n) is 1.91. The first-order chi connectivity index (χ1) is 7.63. The Morgan fingerprint density at radius 3 is 2.94 bits per heavy atom. The van der Waals surface area contributed by atoms with Crippen molar-refractivity contribution in [1.29, 1.82) is 0 Å². The SMILES string of the molecule is CCCOc1nc(NCC(C)O)ccc1N. The Balaban J connectivity index is 2.65. The van der Waals surface area contributed by atoms with Crippen LogP contribution in [0.4, 0.5) is 11.5 Å². The summed E-state index contributed by atoms with van der Waals surface area (Å²) in [6.07, 6.45) is 0.492. The Morgan fingerprint density at radius 2 is 2.31 bits per heavy atom. The van der Waals surface area contributed by atoms with E-state index in [9.17, 15) is 0 Å². The molecule has 0 aliphatic carbocycles. The van der Waals surface area contributed by atoms with Crippen LogP contribution in [0.3, 0.4) is 0 Å². The second kappa shape index (κ2) is 6.17. The van der Waals surface area contributed by atoms with Crippen LogP contribution in [0.5, 0.6) is 5.88 Å². The topological polar surface area (TPSA) is 80.4 Å². The number of aliphatic hydroxyl groups excluding tert-OH is 1. The summed E-state index contributed by atoms with van der Waals surface area (Å²) >= 11 is 0. The number of rotatable bonds is 6. The van der Waals surface area contributed by atoms with E-state index in [0.29, 0.717) is 30.5 Å². The molecule has 1 heterocycles. The standard InChI is InChI=1S/C11H19N3O2/c1-3-6-16-11-9(12)4-5-10(14-11)13-7-8(2)15/h4-5,8,15H,3,6-7,12H2,1-2H3,(H,13,14). The predicted molar refractivity (Wildman–Crippen MR) is 64.6 cm³/mol. The van der Waals surface area contributed by atoms with Gasteiger partial charge in [0.15, 0.2) is 0 Å². The Bertz CT molecular complexity index is 329. The number of aromatic nitrogens is 1. The van der Waals surface area contributed by atoms with Crippen LogP contribution in [0.25, 0.3) is 0 Å². The molecule has 4 N–H and O–H groups in total. The Labute approximate surface area is 95.6 Å². The lowest BCUT2D eigenvalue weighted by Gasteiger charge is -2.11. The van der Waals surface area contributed by atoms with Gasteiger partial charge >= 0.3 is 0 Å². The zero-order valence-electron chi connectivity index (χ0n) is 9.73. The molecule has 1 unspecified atom stereocenters. The quantitative estimate of drug-likeness (QED) is 0.679. The van der Waals surface area contributed by atoms with E-state index in [4.69, 9.17) is 15.6 Å². The Hall–Kier alpha value is -1.49. The van der Waals surface area contributed by atoms with Gasteiger partial charge in [-0.05, 0) is 25.5 Å². The molecule has 1 aromatic rings. The first-order valence-corrected chi connectivity index (χ1v) is 5.44. The first-order valence-electron chi connectivity index (χ1n) is 5.44. The number of anilines is 2. The normalized spacial score (nSPS) is 12.2. The largest absolute Gasteiger partial charge is 0.476 e. The minimum Gasteiger partial charge on any atom is -0.476 e. The van der Waals surface area contributed by atoms with Crippen LogP contribution < -0.4 is 15.8 Å². The number of hydrogen-bond acceptors (Lipinski definition) is 5. The van der Waals surface area contributed by atoms with E-state index in [-0.39, 0.29) is 0 Å². The number of nitrogens with zero attached hydrogens (tertiary/aromatic N) is 1. The lowest BCUT2D eigenvalue weighted by Crippen LogP contribution is -2.16. The lowest BCUT2D eigenvalue weighted by atomic mass is 10.3. The third-order valence-corrected chi connectivity index (χ3v) is 1.91. The van der Waals surface area contributed by atoms with E-state index >= 15 is 0 Å². The molecule has 0 spiro atoms. The summed E-state index contributed by atoms with van der Waals surface area (Å²) < 4.78 is 5.39. The summed E-state index contributed by atoms with van der Waals surface area (Å²) in [5, 5.41) is 12.1. The molecule has 90 valence electrons. The first kappa shape index (κ1) is 12.6. The molecule has 0 aromatic carbocycles. The van der Waals surface area contributed by atoms with Crippen molar-refractivity contribution in [3.05, 3.63) is 12.1 Å². The van der Waals surface area contributed by atoms with E-state index in [1.165, 1.54) is 0 Å². The maximum atomic E-state index is 9.13. The van der Waals surface area contributed by atoms with Crippen LogP contribution in [0.2, 0.25) is 0 Å². The molecular weight excluding hydrogens is 206 g/mol. The van der Waals surface area contributed by atoms with E-state index in [0.717, 1.165) is 6.42 Å². The highest BCUT2D eigenvalue weighted by molar-refractivity contribution is 5.53. The molecule has 0 fully saturated rings. The number of hydrogen-bond donors (Lipinski definition) is 3. The molecule has 0 bridgehead atoms. The molecule has 0 saturated heterocycles. The highest BCUT2D eigenvalue weighted by Crippen LogP contribution is 2.20. The van der Waals surface area contributed by atoms with Crippen molar-refractivity contribution in [2.75, 3.05) is 24.2 Å². The van der Waals surface area contributed by atoms with Gasteiger partial charge in [-0.15, -0.1) is 0 Å². The minimum absolute atomic E-state index is 0.417. The van der Waals surface area contributed by atoms with Gasteiger partial charge in [0, 0.05) is 6.54 Å². The maximum Gasteiger partial charge on any atom is 0.239 e. The van der Waals surface area contributed by atoms with Gasteiger partial charge < -0.3 is 20.9 Å². The summed E-state index contributed by atoms with van der Waals surface area (Å²) in [7, 11) is 0. The zero-order valence-corrected chi connectivity index (χ0v) is 9.73. The highest BCUT2D eigenvalue weighted by atomic mass is 16.5. The molecule has 1 rings (SSSR count). The number of ether oxygens (including phenoxy) is 1. The Morgan fingerprint density at radius 1 is 1.56 bits per heavy atom. The summed E-state index contributed by atoms with van der Waals surface area (Å²) in [5.74, 6) is 1.10. The van der Waals surface area contributed by atoms with Gasteiger partial charge in [-0.25, -0.2) is 0 Å². The molecule has 5 nitrogen and oxygen atoms in total. The van der Waals surface area contributed by atoms with Crippen LogP contribution in [0.15, 0.2) is 12.1 Å². The second-order valence-corrected chi connectivity index (χ2v) is 3.67. The molecule has 0 amide bonds. The lowest BCUT2D eigenvalue weighted by molar-refractivity contribution is 0.208. The second-order valence-electron chi connectivity index (χ2n) is 3.67. The van der Waals surface area contributed by atoms with E-state index in [2.05, 4.69) is 10.3 Å². The Kier molecular flexibility index (Phi) is 4.85. The van der Waals surface area contributed by atoms with Gasteiger partial charge in [0.05, 0.1) is 18.4 Å². The summed E-state index contributed by atoms with van der Waals surface area (Å²) in [5.41, 5.74) is 6.25. The molecule has 1 atom stereocenters. The summed E-state index contributed by atoms with van der Waals surface area (Å²) in [6, 6.07) is 3.50. The molecular formula is C11H19N3O2. The van der Waals surface area contributed by atoms with Crippen LogP contribution in [0, 0.1) is 0 Å². The fourth-order valence-electron chi connectivity index (χ4n) is 1.12. The number of nitrogens with one attached hydrogen (secondary N) is 1. The number of pyridine rings is 1. The maximum absolute atomic E-state index is 9.13. The number of nitrogens with two attached hydrogens (primary N) is 1. The van der Waals surface area contributed by atoms with Crippen LogP contribution in [-0.2, 0) is 0 Å². The van der Waals surface area contributed by atoms with Crippen LogP contribution in [0.1, 0.15) is 20.3 Å². The molecule has 0 radical (unpaired) electrons.